The molecule has 0 aliphatic carbocycles. The number of rotatable bonds is 2. The van der Waals surface area contributed by atoms with Crippen LogP contribution in [0.1, 0.15) is 11.1 Å². The van der Waals surface area contributed by atoms with E-state index in [4.69, 9.17) is 16.9 Å². The largest absolute Gasteiger partial charge is 0.449 e. The number of nitriles is 1. The summed E-state index contributed by atoms with van der Waals surface area (Å²) in [6.07, 6.45) is 0. The zero-order valence-electron chi connectivity index (χ0n) is 6.66. The van der Waals surface area contributed by atoms with Gasteiger partial charge in [0.15, 0.2) is 0 Å². The number of benzene rings is 1. The monoisotopic (exact) mass is 195 g/mol. The Morgan fingerprint density at radius 3 is 2.54 bits per heavy atom. The van der Waals surface area contributed by atoms with Crippen molar-refractivity contribution < 1.29 is 9.53 Å². The lowest BCUT2D eigenvalue weighted by Crippen LogP contribution is -1.94. The molecule has 0 saturated heterocycles. The SMILES string of the molecule is N#Cc1ccc(COC(=O)Cl)cc1. The van der Waals surface area contributed by atoms with E-state index in [0.717, 1.165) is 5.56 Å². The second-order valence-corrected chi connectivity index (χ2v) is 2.64. The highest BCUT2D eigenvalue weighted by atomic mass is 35.5. The van der Waals surface area contributed by atoms with E-state index in [1.165, 1.54) is 0 Å². The van der Waals surface area contributed by atoms with E-state index in [1.54, 1.807) is 24.3 Å². The molecule has 0 radical (unpaired) electrons. The van der Waals surface area contributed by atoms with Gasteiger partial charge in [-0.05, 0) is 17.7 Å². The first kappa shape index (κ1) is 9.56. The molecule has 1 aromatic rings. The van der Waals surface area contributed by atoms with Gasteiger partial charge in [-0.2, -0.15) is 5.26 Å². The lowest BCUT2D eigenvalue weighted by Gasteiger charge is -1.99. The first-order chi connectivity index (χ1) is 6.22. The summed E-state index contributed by atoms with van der Waals surface area (Å²) in [7, 11) is 0. The molecule has 4 heteroatoms. The van der Waals surface area contributed by atoms with Gasteiger partial charge < -0.3 is 4.74 Å². The van der Waals surface area contributed by atoms with Gasteiger partial charge in [-0.25, -0.2) is 4.79 Å². The number of carbonyl (C=O) groups excluding carboxylic acids is 1. The third-order valence-corrected chi connectivity index (χ3v) is 1.54. The molecule has 0 heterocycles. The molecular formula is C9H6ClNO2. The predicted octanol–water partition coefficient (Wildman–Crippen LogP) is 2.43. The Kier molecular flexibility index (Phi) is 3.30. The molecule has 0 bridgehead atoms. The molecule has 0 saturated carbocycles. The highest BCUT2D eigenvalue weighted by molar-refractivity contribution is 6.61. The van der Waals surface area contributed by atoms with E-state index >= 15 is 0 Å². The molecule has 1 rings (SSSR count). The van der Waals surface area contributed by atoms with E-state index in [0.29, 0.717) is 5.56 Å². The maximum absolute atomic E-state index is 10.2. The Morgan fingerprint density at radius 1 is 1.46 bits per heavy atom. The lowest BCUT2D eigenvalue weighted by atomic mass is 10.2. The summed E-state index contributed by atoms with van der Waals surface area (Å²) in [4.78, 5) is 10.2. The van der Waals surface area contributed by atoms with Crippen LogP contribution in [0.15, 0.2) is 24.3 Å². The van der Waals surface area contributed by atoms with Crippen molar-refractivity contribution >= 4 is 17.0 Å². The summed E-state index contributed by atoms with van der Waals surface area (Å²) < 4.78 is 4.55. The van der Waals surface area contributed by atoms with Crippen molar-refractivity contribution in [1.29, 1.82) is 5.26 Å². The maximum atomic E-state index is 10.2. The van der Waals surface area contributed by atoms with Crippen molar-refractivity contribution in [3.8, 4) is 6.07 Å². The van der Waals surface area contributed by atoms with Crippen molar-refractivity contribution in [2.75, 3.05) is 0 Å². The molecule has 3 nitrogen and oxygen atoms in total. The smallest absolute Gasteiger partial charge is 0.404 e. The van der Waals surface area contributed by atoms with Crippen LogP contribution in [0.5, 0.6) is 0 Å². The summed E-state index contributed by atoms with van der Waals surface area (Å²) in [5, 5.41) is 8.49. The molecular weight excluding hydrogens is 190 g/mol. The molecule has 0 atom stereocenters. The third kappa shape index (κ3) is 3.14. The number of halogens is 1. The average molecular weight is 196 g/mol. The fourth-order valence-electron chi connectivity index (χ4n) is 0.816. The van der Waals surface area contributed by atoms with Crippen LogP contribution < -0.4 is 0 Å². The molecule has 0 unspecified atom stereocenters. The fraction of sp³-hybridized carbons (Fsp3) is 0.111. The van der Waals surface area contributed by atoms with Gasteiger partial charge in [-0.3, -0.25) is 0 Å². The molecule has 1 aromatic carbocycles. The first-order valence-corrected chi connectivity index (χ1v) is 3.91. The van der Waals surface area contributed by atoms with E-state index in [1.807, 2.05) is 6.07 Å². The van der Waals surface area contributed by atoms with Crippen molar-refractivity contribution in [1.82, 2.24) is 0 Å². The normalized spacial score (nSPS) is 8.92. The van der Waals surface area contributed by atoms with Crippen molar-refractivity contribution in [2.45, 2.75) is 6.61 Å². The van der Waals surface area contributed by atoms with Crippen LogP contribution in [0.4, 0.5) is 4.79 Å². The van der Waals surface area contributed by atoms with Crippen LogP contribution in [0.25, 0.3) is 0 Å². The van der Waals surface area contributed by atoms with Gasteiger partial charge >= 0.3 is 5.43 Å². The van der Waals surface area contributed by atoms with Crippen molar-refractivity contribution in [3.63, 3.8) is 0 Å². The Morgan fingerprint density at radius 2 is 2.08 bits per heavy atom. The van der Waals surface area contributed by atoms with Crippen LogP contribution in [-0.4, -0.2) is 5.43 Å². The van der Waals surface area contributed by atoms with E-state index in [2.05, 4.69) is 4.74 Å². The molecule has 0 N–H and O–H groups in total. The van der Waals surface area contributed by atoms with Crippen LogP contribution in [0.2, 0.25) is 0 Å². The highest BCUT2D eigenvalue weighted by Crippen LogP contribution is 2.05. The van der Waals surface area contributed by atoms with Gasteiger partial charge in [0.1, 0.15) is 6.61 Å². The van der Waals surface area contributed by atoms with Crippen LogP contribution in [0.3, 0.4) is 0 Å². The Hall–Kier alpha value is -1.53. The molecule has 13 heavy (non-hydrogen) atoms. The first-order valence-electron chi connectivity index (χ1n) is 3.53. The summed E-state index contributed by atoms with van der Waals surface area (Å²) in [5.74, 6) is 0. The van der Waals surface area contributed by atoms with Gasteiger partial charge in [0.05, 0.1) is 11.6 Å². The minimum absolute atomic E-state index is 0.133. The van der Waals surface area contributed by atoms with Gasteiger partial charge in [-0.1, -0.05) is 12.1 Å². The minimum Gasteiger partial charge on any atom is -0.449 e. The maximum Gasteiger partial charge on any atom is 0.404 e. The standard InChI is InChI=1S/C9H6ClNO2/c10-9(12)13-6-8-3-1-7(5-11)2-4-8/h1-4H,6H2. The second-order valence-electron chi connectivity index (χ2n) is 2.34. The number of hydrogen-bond donors (Lipinski definition) is 0. The number of ether oxygens (including phenoxy) is 1. The predicted molar refractivity (Wildman–Crippen MR) is 47.2 cm³/mol. The molecule has 0 fully saturated rings. The van der Waals surface area contributed by atoms with Gasteiger partial charge in [0.25, 0.3) is 0 Å². The Balaban J connectivity index is 2.60. The number of nitrogens with zero attached hydrogens (tertiary/aromatic N) is 1. The van der Waals surface area contributed by atoms with Gasteiger partial charge in [0, 0.05) is 11.6 Å². The molecule has 0 amide bonds. The van der Waals surface area contributed by atoms with E-state index in [-0.39, 0.29) is 6.61 Å². The topological polar surface area (TPSA) is 50.1 Å². The van der Waals surface area contributed by atoms with Crippen LogP contribution in [-0.2, 0) is 11.3 Å². The molecule has 66 valence electrons. The summed E-state index contributed by atoms with van der Waals surface area (Å²) in [5.41, 5.74) is 0.540. The second kappa shape index (κ2) is 4.48. The quantitative estimate of drug-likeness (QED) is 0.681. The summed E-state index contributed by atoms with van der Waals surface area (Å²) in [6, 6.07) is 8.70. The van der Waals surface area contributed by atoms with E-state index < -0.39 is 5.43 Å². The average Bonchev–Trinajstić information content (AvgIpc) is 2.15. The molecule has 0 spiro atoms. The number of carbonyl (C=O) groups is 1. The van der Waals surface area contributed by atoms with Crippen molar-refractivity contribution in [2.24, 2.45) is 0 Å². The van der Waals surface area contributed by atoms with Gasteiger partial charge in [0.2, 0.25) is 0 Å². The zero-order chi connectivity index (χ0) is 9.68. The van der Waals surface area contributed by atoms with Gasteiger partial charge in [-0.15, -0.1) is 0 Å². The zero-order valence-corrected chi connectivity index (χ0v) is 7.41. The van der Waals surface area contributed by atoms with Crippen LogP contribution in [0, 0.1) is 11.3 Å². The summed E-state index contributed by atoms with van der Waals surface area (Å²) in [6.45, 7) is 0.133. The third-order valence-electron chi connectivity index (χ3n) is 1.44. The minimum atomic E-state index is -0.829. The Labute approximate surface area is 80.5 Å². The Bertz CT molecular complexity index is 340. The van der Waals surface area contributed by atoms with Crippen LogP contribution >= 0.6 is 11.6 Å². The fourth-order valence-corrected chi connectivity index (χ4v) is 0.870. The lowest BCUT2D eigenvalue weighted by molar-refractivity contribution is 0.167. The van der Waals surface area contributed by atoms with Crippen molar-refractivity contribution in [3.05, 3.63) is 35.4 Å². The van der Waals surface area contributed by atoms with E-state index in [9.17, 15) is 4.79 Å². The molecule has 0 aromatic heterocycles. The molecule has 0 aliphatic rings. The molecule has 0 aliphatic heterocycles. The number of hydrogen-bond acceptors (Lipinski definition) is 3. The summed E-state index contributed by atoms with van der Waals surface area (Å²) >= 11 is 4.97. The highest BCUT2D eigenvalue weighted by Gasteiger charge is 1.97.